The van der Waals surface area contributed by atoms with E-state index in [0.29, 0.717) is 6.61 Å². The predicted octanol–water partition coefficient (Wildman–Crippen LogP) is 3.52. The molecule has 2 nitrogen and oxygen atoms in total. The highest BCUT2D eigenvalue weighted by Crippen LogP contribution is 2.29. The van der Waals surface area contributed by atoms with Crippen LogP contribution in [-0.2, 0) is 0 Å². The van der Waals surface area contributed by atoms with Crippen LogP contribution in [-0.4, -0.2) is 12.7 Å². The summed E-state index contributed by atoms with van der Waals surface area (Å²) < 4.78 is 11.1. The fourth-order valence-electron chi connectivity index (χ4n) is 1.27. The van der Waals surface area contributed by atoms with E-state index in [2.05, 4.69) is 6.58 Å². The van der Waals surface area contributed by atoms with E-state index in [1.807, 2.05) is 39.0 Å². The summed E-state index contributed by atoms with van der Waals surface area (Å²) in [6.45, 7) is 10.3. The van der Waals surface area contributed by atoms with Crippen molar-refractivity contribution >= 4 is 6.08 Å². The quantitative estimate of drug-likeness (QED) is 0.734. The Morgan fingerprint density at radius 3 is 2.60 bits per heavy atom. The van der Waals surface area contributed by atoms with E-state index in [-0.39, 0.29) is 6.10 Å². The smallest absolute Gasteiger partial charge is 0.161 e. The minimum atomic E-state index is 0.152. The van der Waals surface area contributed by atoms with Crippen LogP contribution in [0.5, 0.6) is 11.5 Å². The molecule has 2 heteroatoms. The third-order valence-corrected chi connectivity index (χ3v) is 1.87. The summed E-state index contributed by atoms with van der Waals surface area (Å²) >= 11 is 0. The summed E-state index contributed by atoms with van der Waals surface area (Å²) in [4.78, 5) is 0. The van der Waals surface area contributed by atoms with E-state index >= 15 is 0 Å². The molecule has 1 aromatic rings. The molecule has 1 rings (SSSR count). The Labute approximate surface area is 91.5 Å². The van der Waals surface area contributed by atoms with E-state index in [1.165, 1.54) is 0 Å². The van der Waals surface area contributed by atoms with Crippen LogP contribution in [0.15, 0.2) is 24.8 Å². The van der Waals surface area contributed by atoms with E-state index in [0.717, 1.165) is 17.1 Å². The Balaban J connectivity index is 2.97. The van der Waals surface area contributed by atoms with Gasteiger partial charge in [0.2, 0.25) is 0 Å². The van der Waals surface area contributed by atoms with Crippen molar-refractivity contribution in [1.29, 1.82) is 0 Å². The van der Waals surface area contributed by atoms with Crippen LogP contribution in [0.25, 0.3) is 6.08 Å². The fourth-order valence-corrected chi connectivity index (χ4v) is 1.27. The van der Waals surface area contributed by atoms with Crippen molar-refractivity contribution in [2.75, 3.05) is 6.61 Å². The minimum absolute atomic E-state index is 0.152. The summed E-state index contributed by atoms with van der Waals surface area (Å²) in [6.07, 6.45) is 1.94. The number of hydrogen-bond donors (Lipinski definition) is 0. The second-order valence-electron chi connectivity index (χ2n) is 3.51. The van der Waals surface area contributed by atoms with Gasteiger partial charge in [0, 0.05) is 0 Å². The molecule has 0 amide bonds. The average Bonchev–Trinajstić information content (AvgIpc) is 2.20. The first-order valence-electron chi connectivity index (χ1n) is 5.23. The molecule has 15 heavy (non-hydrogen) atoms. The highest BCUT2D eigenvalue weighted by molar-refractivity contribution is 5.54. The molecule has 0 atom stereocenters. The summed E-state index contributed by atoms with van der Waals surface area (Å²) in [5.74, 6) is 1.57. The van der Waals surface area contributed by atoms with Gasteiger partial charge >= 0.3 is 0 Å². The normalized spacial score (nSPS) is 10.1. The zero-order chi connectivity index (χ0) is 11.3. The molecule has 82 valence electrons. The lowest BCUT2D eigenvalue weighted by Crippen LogP contribution is -2.07. The van der Waals surface area contributed by atoms with Crippen LogP contribution in [0.2, 0.25) is 0 Å². The Kier molecular flexibility index (Phi) is 4.22. The van der Waals surface area contributed by atoms with E-state index in [1.54, 1.807) is 6.08 Å². The van der Waals surface area contributed by atoms with Gasteiger partial charge in [0.15, 0.2) is 11.5 Å². The highest BCUT2D eigenvalue weighted by atomic mass is 16.5. The number of benzene rings is 1. The molecule has 0 aliphatic rings. The first kappa shape index (κ1) is 11.6. The van der Waals surface area contributed by atoms with Gasteiger partial charge in [-0.15, -0.1) is 0 Å². The Bertz CT molecular complexity index is 329. The Hall–Kier alpha value is -1.44. The zero-order valence-electron chi connectivity index (χ0n) is 9.62. The summed E-state index contributed by atoms with van der Waals surface area (Å²) in [6, 6.07) is 5.82. The maximum Gasteiger partial charge on any atom is 0.161 e. The lowest BCUT2D eigenvalue weighted by atomic mass is 10.2. The van der Waals surface area contributed by atoms with Gasteiger partial charge in [-0.1, -0.05) is 18.7 Å². The molecular formula is C13H18O2. The van der Waals surface area contributed by atoms with Crippen molar-refractivity contribution in [3.8, 4) is 11.5 Å². The molecule has 0 unspecified atom stereocenters. The molecule has 0 bridgehead atoms. The highest BCUT2D eigenvalue weighted by Gasteiger charge is 2.06. The Morgan fingerprint density at radius 1 is 1.33 bits per heavy atom. The minimum Gasteiger partial charge on any atom is -0.490 e. The number of hydrogen-bond acceptors (Lipinski definition) is 2. The molecule has 0 saturated carbocycles. The third-order valence-electron chi connectivity index (χ3n) is 1.87. The van der Waals surface area contributed by atoms with Gasteiger partial charge in [-0.05, 0) is 38.5 Å². The van der Waals surface area contributed by atoms with Crippen LogP contribution in [0.3, 0.4) is 0 Å². The van der Waals surface area contributed by atoms with Crippen molar-refractivity contribution < 1.29 is 9.47 Å². The topological polar surface area (TPSA) is 18.5 Å². The van der Waals surface area contributed by atoms with Crippen LogP contribution in [0.1, 0.15) is 26.3 Å². The molecule has 1 aromatic carbocycles. The van der Waals surface area contributed by atoms with Crippen LogP contribution in [0, 0.1) is 0 Å². The van der Waals surface area contributed by atoms with E-state index in [9.17, 15) is 0 Å². The molecule has 0 N–H and O–H groups in total. The first-order chi connectivity index (χ1) is 7.17. The molecule has 0 heterocycles. The molecule has 0 radical (unpaired) electrons. The van der Waals surface area contributed by atoms with Gasteiger partial charge in [-0.25, -0.2) is 0 Å². The lowest BCUT2D eigenvalue weighted by molar-refractivity contribution is 0.224. The molecule has 0 fully saturated rings. The van der Waals surface area contributed by atoms with Crippen molar-refractivity contribution in [3.05, 3.63) is 30.3 Å². The molecule has 0 spiro atoms. The second-order valence-corrected chi connectivity index (χ2v) is 3.51. The number of ether oxygens (including phenoxy) is 2. The third kappa shape index (κ3) is 3.31. The summed E-state index contributed by atoms with van der Waals surface area (Å²) in [5.41, 5.74) is 1.04. The Morgan fingerprint density at radius 2 is 2.07 bits per heavy atom. The maximum absolute atomic E-state index is 5.64. The average molecular weight is 206 g/mol. The largest absolute Gasteiger partial charge is 0.490 e. The van der Waals surface area contributed by atoms with Gasteiger partial charge in [-0.3, -0.25) is 0 Å². The van der Waals surface area contributed by atoms with Gasteiger partial charge in [0.25, 0.3) is 0 Å². The van der Waals surface area contributed by atoms with Crippen LogP contribution in [0.4, 0.5) is 0 Å². The lowest BCUT2D eigenvalue weighted by Gasteiger charge is -2.14. The number of rotatable bonds is 5. The van der Waals surface area contributed by atoms with Gasteiger partial charge < -0.3 is 9.47 Å². The monoisotopic (exact) mass is 206 g/mol. The van der Waals surface area contributed by atoms with Crippen molar-refractivity contribution in [1.82, 2.24) is 0 Å². The van der Waals surface area contributed by atoms with Crippen molar-refractivity contribution in [3.63, 3.8) is 0 Å². The van der Waals surface area contributed by atoms with Crippen molar-refractivity contribution in [2.45, 2.75) is 26.9 Å². The van der Waals surface area contributed by atoms with Gasteiger partial charge in [-0.2, -0.15) is 0 Å². The molecular weight excluding hydrogens is 188 g/mol. The van der Waals surface area contributed by atoms with Crippen LogP contribution < -0.4 is 9.47 Å². The van der Waals surface area contributed by atoms with E-state index < -0.39 is 0 Å². The standard InChI is InChI=1S/C13H18O2/c1-5-11-7-8-12(15-10(3)4)13(9-11)14-6-2/h5,7-10H,1,6H2,2-4H3. The molecule has 0 aliphatic carbocycles. The SMILES string of the molecule is C=Cc1ccc(OC(C)C)c(OCC)c1. The van der Waals surface area contributed by atoms with Gasteiger partial charge in [0.05, 0.1) is 12.7 Å². The summed E-state index contributed by atoms with van der Waals surface area (Å²) in [5, 5.41) is 0. The predicted molar refractivity (Wildman–Crippen MR) is 63.5 cm³/mol. The maximum atomic E-state index is 5.64. The molecule has 0 saturated heterocycles. The first-order valence-corrected chi connectivity index (χ1v) is 5.23. The van der Waals surface area contributed by atoms with Crippen LogP contribution >= 0.6 is 0 Å². The van der Waals surface area contributed by atoms with Gasteiger partial charge in [0.1, 0.15) is 0 Å². The van der Waals surface area contributed by atoms with Crippen molar-refractivity contribution in [2.24, 2.45) is 0 Å². The summed E-state index contributed by atoms with van der Waals surface area (Å²) in [7, 11) is 0. The zero-order valence-corrected chi connectivity index (χ0v) is 9.62. The van der Waals surface area contributed by atoms with E-state index in [4.69, 9.17) is 9.47 Å². The molecule has 0 aliphatic heterocycles. The fraction of sp³-hybridized carbons (Fsp3) is 0.385. The molecule has 0 aromatic heterocycles. The second kappa shape index (κ2) is 5.44.